The molecule has 0 aliphatic heterocycles. The van der Waals surface area contributed by atoms with E-state index in [9.17, 15) is 8.42 Å². The van der Waals surface area contributed by atoms with Crippen LogP contribution in [-0.2, 0) is 23.0 Å². The summed E-state index contributed by atoms with van der Waals surface area (Å²) in [6.07, 6.45) is 0.872. The Labute approximate surface area is 125 Å². The maximum atomic E-state index is 11.8. The van der Waals surface area contributed by atoms with Crippen molar-refractivity contribution in [2.45, 2.75) is 31.7 Å². The van der Waals surface area contributed by atoms with Crippen molar-refractivity contribution in [2.24, 2.45) is 0 Å². The molecule has 1 aromatic heterocycles. The van der Waals surface area contributed by atoms with Gasteiger partial charge in [-0.15, -0.1) is 0 Å². The predicted octanol–water partition coefficient (Wildman–Crippen LogP) is 2.75. The van der Waals surface area contributed by atoms with E-state index < -0.39 is 10.0 Å². The number of rotatable bonds is 7. The van der Waals surface area contributed by atoms with Crippen LogP contribution in [0, 0.1) is 0 Å². The highest BCUT2D eigenvalue weighted by Crippen LogP contribution is 2.16. The van der Waals surface area contributed by atoms with Gasteiger partial charge in [-0.25, -0.2) is 13.1 Å². The molecule has 2 N–H and O–H groups in total. The Morgan fingerprint density at radius 3 is 2.24 bits per heavy atom. The van der Waals surface area contributed by atoms with Crippen molar-refractivity contribution >= 4 is 15.7 Å². The van der Waals surface area contributed by atoms with E-state index in [0.717, 1.165) is 23.6 Å². The maximum absolute atomic E-state index is 11.8. The van der Waals surface area contributed by atoms with E-state index >= 15 is 0 Å². The molecule has 0 aliphatic carbocycles. The molecule has 0 amide bonds. The van der Waals surface area contributed by atoms with Gasteiger partial charge in [0.05, 0.1) is 11.4 Å². The fourth-order valence-corrected chi connectivity index (χ4v) is 2.96. The van der Waals surface area contributed by atoms with Gasteiger partial charge in [0.2, 0.25) is 10.0 Å². The van der Waals surface area contributed by atoms with Crippen molar-refractivity contribution < 1.29 is 12.8 Å². The molecule has 0 atom stereocenters. The van der Waals surface area contributed by atoms with E-state index in [1.807, 2.05) is 19.1 Å². The molecule has 0 bridgehead atoms. The van der Waals surface area contributed by atoms with Gasteiger partial charge in [0.15, 0.2) is 0 Å². The number of furan rings is 1. The van der Waals surface area contributed by atoms with Crippen LogP contribution in [0.2, 0.25) is 0 Å². The lowest BCUT2D eigenvalue weighted by Crippen LogP contribution is -2.23. The molecule has 1 heterocycles. The Bertz CT molecular complexity index is 675. The van der Waals surface area contributed by atoms with E-state index in [-0.39, 0.29) is 4.90 Å². The van der Waals surface area contributed by atoms with Crippen molar-refractivity contribution in [2.75, 3.05) is 11.9 Å². The highest BCUT2D eigenvalue weighted by atomic mass is 32.2. The molecule has 0 saturated carbocycles. The molecule has 21 heavy (non-hydrogen) atoms. The summed E-state index contributed by atoms with van der Waals surface area (Å²) in [7, 11) is -3.39. The van der Waals surface area contributed by atoms with Gasteiger partial charge in [-0.3, -0.25) is 0 Å². The summed E-state index contributed by atoms with van der Waals surface area (Å²) in [5.74, 6) is 1.81. The molecule has 6 heteroatoms. The minimum Gasteiger partial charge on any atom is -0.464 e. The molecular formula is C15H20N2O3S. The van der Waals surface area contributed by atoms with Gasteiger partial charge in [-0.05, 0) is 36.4 Å². The monoisotopic (exact) mass is 308 g/mol. The number of aryl methyl sites for hydroxylation is 1. The molecule has 5 nitrogen and oxygen atoms in total. The minimum atomic E-state index is -3.39. The second kappa shape index (κ2) is 6.78. The third kappa shape index (κ3) is 4.09. The number of benzene rings is 1. The Balaban J connectivity index is 1.99. The first-order valence-electron chi connectivity index (χ1n) is 6.96. The van der Waals surface area contributed by atoms with Crippen LogP contribution < -0.4 is 10.0 Å². The molecule has 2 aromatic rings. The zero-order valence-corrected chi connectivity index (χ0v) is 13.0. The fourth-order valence-electron chi connectivity index (χ4n) is 1.92. The first kappa shape index (κ1) is 15.6. The Morgan fingerprint density at radius 2 is 1.67 bits per heavy atom. The number of sulfonamides is 1. The number of hydrogen-bond acceptors (Lipinski definition) is 4. The first-order chi connectivity index (χ1) is 10.0. The molecule has 1 aromatic carbocycles. The van der Waals surface area contributed by atoms with E-state index in [1.165, 1.54) is 0 Å². The molecule has 0 saturated heterocycles. The van der Waals surface area contributed by atoms with E-state index in [4.69, 9.17) is 4.42 Å². The van der Waals surface area contributed by atoms with Crippen LogP contribution in [0.5, 0.6) is 0 Å². The summed E-state index contributed by atoms with van der Waals surface area (Å²) >= 11 is 0. The van der Waals surface area contributed by atoms with Crippen molar-refractivity contribution in [1.82, 2.24) is 4.72 Å². The summed E-state index contributed by atoms with van der Waals surface area (Å²) < 4.78 is 31.7. The fraction of sp³-hybridized carbons (Fsp3) is 0.333. The van der Waals surface area contributed by atoms with Crippen molar-refractivity contribution in [3.8, 4) is 0 Å². The van der Waals surface area contributed by atoms with Crippen LogP contribution in [0.15, 0.2) is 45.7 Å². The summed E-state index contributed by atoms with van der Waals surface area (Å²) in [6.45, 7) is 4.74. The van der Waals surface area contributed by atoms with Gasteiger partial charge in [0.1, 0.15) is 11.5 Å². The average molecular weight is 308 g/mol. The lowest BCUT2D eigenvalue weighted by molar-refractivity contribution is 0.476. The molecular weight excluding hydrogens is 288 g/mol. The third-order valence-corrected chi connectivity index (χ3v) is 4.59. The second-order valence-electron chi connectivity index (χ2n) is 4.60. The molecule has 0 spiro atoms. The van der Waals surface area contributed by atoms with Crippen LogP contribution in [-0.4, -0.2) is 15.0 Å². The minimum absolute atomic E-state index is 0.265. The van der Waals surface area contributed by atoms with Crippen molar-refractivity contribution in [1.29, 1.82) is 0 Å². The van der Waals surface area contributed by atoms with Gasteiger partial charge in [0.25, 0.3) is 0 Å². The number of anilines is 1. The second-order valence-corrected chi connectivity index (χ2v) is 6.37. The molecule has 2 rings (SSSR count). The highest BCUT2D eigenvalue weighted by Gasteiger charge is 2.11. The highest BCUT2D eigenvalue weighted by molar-refractivity contribution is 7.89. The Hall–Kier alpha value is -1.79. The lowest BCUT2D eigenvalue weighted by Gasteiger charge is -2.07. The van der Waals surface area contributed by atoms with Gasteiger partial charge in [-0.2, -0.15) is 0 Å². The predicted molar refractivity (Wildman–Crippen MR) is 82.7 cm³/mol. The van der Waals surface area contributed by atoms with Crippen LogP contribution in [0.3, 0.4) is 0 Å². The number of nitrogens with one attached hydrogen (secondary N) is 2. The molecule has 0 unspecified atom stereocenters. The van der Waals surface area contributed by atoms with Crippen LogP contribution in [0.25, 0.3) is 0 Å². The molecule has 0 fully saturated rings. The van der Waals surface area contributed by atoms with Crippen LogP contribution in [0.1, 0.15) is 25.4 Å². The summed E-state index contributed by atoms with van der Waals surface area (Å²) in [5.41, 5.74) is 0.847. The average Bonchev–Trinajstić information content (AvgIpc) is 2.93. The maximum Gasteiger partial charge on any atom is 0.240 e. The molecule has 114 valence electrons. The van der Waals surface area contributed by atoms with E-state index in [2.05, 4.69) is 10.0 Å². The molecule has 0 aliphatic rings. The Morgan fingerprint density at radius 1 is 1.00 bits per heavy atom. The van der Waals surface area contributed by atoms with Crippen molar-refractivity contribution in [3.63, 3.8) is 0 Å². The van der Waals surface area contributed by atoms with E-state index in [0.29, 0.717) is 13.1 Å². The molecule has 0 radical (unpaired) electrons. The SMILES string of the molecule is CCNS(=O)(=O)c1ccc(NCc2ccc(CC)o2)cc1. The van der Waals surface area contributed by atoms with Crippen molar-refractivity contribution in [3.05, 3.63) is 47.9 Å². The van der Waals surface area contributed by atoms with Crippen LogP contribution in [0.4, 0.5) is 5.69 Å². The third-order valence-electron chi connectivity index (χ3n) is 3.03. The Kier molecular flexibility index (Phi) is 5.03. The summed E-state index contributed by atoms with van der Waals surface area (Å²) in [6, 6.07) is 10.6. The number of hydrogen-bond donors (Lipinski definition) is 2. The van der Waals surface area contributed by atoms with Gasteiger partial charge >= 0.3 is 0 Å². The summed E-state index contributed by atoms with van der Waals surface area (Å²) in [4.78, 5) is 0.265. The lowest BCUT2D eigenvalue weighted by atomic mass is 10.3. The summed E-state index contributed by atoms with van der Waals surface area (Å²) in [5, 5.41) is 3.20. The topological polar surface area (TPSA) is 71.3 Å². The van der Waals surface area contributed by atoms with Gasteiger partial charge in [-0.1, -0.05) is 13.8 Å². The van der Waals surface area contributed by atoms with Gasteiger partial charge in [0, 0.05) is 18.7 Å². The largest absolute Gasteiger partial charge is 0.464 e. The zero-order valence-electron chi connectivity index (χ0n) is 12.2. The normalized spacial score (nSPS) is 11.5. The van der Waals surface area contributed by atoms with Crippen LogP contribution >= 0.6 is 0 Å². The zero-order chi connectivity index (χ0) is 15.3. The van der Waals surface area contributed by atoms with E-state index in [1.54, 1.807) is 31.2 Å². The quantitative estimate of drug-likeness (QED) is 0.825. The first-order valence-corrected chi connectivity index (χ1v) is 8.44. The smallest absolute Gasteiger partial charge is 0.240 e. The standard InChI is InChI=1S/C15H20N2O3S/c1-3-13-7-8-14(20-13)11-16-12-5-9-15(10-6-12)21(18,19)17-4-2/h5-10,16-17H,3-4,11H2,1-2H3. The van der Waals surface area contributed by atoms with Gasteiger partial charge < -0.3 is 9.73 Å².